The fraction of sp³-hybridized carbons (Fsp3) is 0.708. The maximum Gasteiger partial charge on any atom is 0.222 e. The van der Waals surface area contributed by atoms with Crippen LogP contribution in [0.3, 0.4) is 0 Å². The maximum atomic E-state index is 12.8. The molecular formula is C24H37N3OS2. The van der Waals surface area contributed by atoms with Crippen molar-refractivity contribution in [2.24, 2.45) is 5.92 Å². The molecule has 0 unspecified atom stereocenters. The van der Waals surface area contributed by atoms with Gasteiger partial charge in [0.1, 0.15) is 0 Å². The fourth-order valence-electron chi connectivity index (χ4n) is 4.96. The number of piperidine rings is 1. The van der Waals surface area contributed by atoms with Crippen molar-refractivity contribution in [2.45, 2.75) is 38.3 Å². The van der Waals surface area contributed by atoms with Gasteiger partial charge in [0.05, 0.1) is 0 Å². The van der Waals surface area contributed by atoms with Crippen molar-refractivity contribution in [1.29, 1.82) is 0 Å². The predicted molar refractivity (Wildman–Crippen MR) is 130 cm³/mol. The van der Waals surface area contributed by atoms with E-state index in [9.17, 15) is 4.79 Å². The van der Waals surface area contributed by atoms with Crippen LogP contribution in [-0.4, -0.2) is 88.9 Å². The van der Waals surface area contributed by atoms with Crippen molar-refractivity contribution in [3.8, 4) is 0 Å². The Morgan fingerprint density at radius 3 is 2.43 bits per heavy atom. The van der Waals surface area contributed by atoms with Gasteiger partial charge >= 0.3 is 0 Å². The fourth-order valence-corrected chi connectivity index (χ4v) is 7.59. The van der Waals surface area contributed by atoms with E-state index >= 15 is 0 Å². The van der Waals surface area contributed by atoms with E-state index in [1.165, 1.54) is 54.5 Å². The van der Waals surface area contributed by atoms with Gasteiger partial charge in [-0.15, -0.1) is 0 Å². The van der Waals surface area contributed by atoms with Crippen LogP contribution < -0.4 is 0 Å². The molecule has 166 valence electrons. The van der Waals surface area contributed by atoms with Gasteiger partial charge in [0.25, 0.3) is 0 Å². The summed E-state index contributed by atoms with van der Waals surface area (Å²) < 4.78 is 0. The van der Waals surface area contributed by atoms with Gasteiger partial charge in [0.15, 0.2) is 0 Å². The first-order valence-corrected chi connectivity index (χ1v) is 14.0. The van der Waals surface area contributed by atoms with E-state index in [1.54, 1.807) is 0 Å². The van der Waals surface area contributed by atoms with E-state index in [2.05, 4.69) is 68.6 Å². The van der Waals surface area contributed by atoms with Crippen molar-refractivity contribution in [1.82, 2.24) is 14.7 Å². The molecule has 4 rings (SSSR count). The lowest BCUT2D eigenvalue weighted by Gasteiger charge is -2.38. The number of amides is 1. The number of hydrogen-bond acceptors (Lipinski definition) is 5. The minimum atomic E-state index is 0.382. The van der Waals surface area contributed by atoms with Crippen molar-refractivity contribution in [3.63, 3.8) is 0 Å². The number of carbonyl (C=O) groups excluding carboxylic acids is 1. The van der Waals surface area contributed by atoms with E-state index in [-0.39, 0.29) is 0 Å². The highest BCUT2D eigenvalue weighted by Gasteiger charge is 2.28. The Kier molecular flexibility index (Phi) is 8.85. The number of thioether (sulfide) groups is 2. The third kappa shape index (κ3) is 6.65. The highest BCUT2D eigenvalue weighted by Crippen LogP contribution is 2.27. The molecule has 3 aliphatic rings. The van der Waals surface area contributed by atoms with Crippen molar-refractivity contribution >= 4 is 29.4 Å². The van der Waals surface area contributed by atoms with Crippen LogP contribution >= 0.6 is 23.5 Å². The molecule has 0 radical (unpaired) electrons. The van der Waals surface area contributed by atoms with E-state index < -0.39 is 0 Å². The molecular weight excluding hydrogens is 410 g/mol. The highest BCUT2D eigenvalue weighted by atomic mass is 32.2. The van der Waals surface area contributed by atoms with E-state index in [4.69, 9.17) is 0 Å². The molecule has 1 aromatic rings. The molecule has 1 amide bonds. The molecule has 6 heteroatoms. The van der Waals surface area contributed by atoms with Gasteiger partial charge in [-0.2, -0.15) is 23.5 Å². The number of hydrogen-bond donors (Lipinski definition) is 0. The largest absolute Gasteiger partial charge is 0.340 e. The first kappa shape index (κ1) is 22.5. The first-order valence-electron chi connectivity index (χ1n) is 11.7. The van der Waals surface area contributed by atoms with Crippen LogP contribution in [0.15, 0.2) is 30.3 Å². The third-order valence-electron chi connectivity index (χ3n) is 6.80. The molecule has 1 atom stereocenters. The van der Waals surface area contributed by atoms with Crippen LogP contribution in [0.1, 0.15) is 31.2 Å². The summed E-state index contributed by atoms with van der Waals surface area (Å²) in [5, 5.41) is 0. The number of piperazine rings is 1. The summed E-state index contributed by atoms with van der Waals surface area (Å²) in [6.07, 6.45) is 4.43. The molecule has 3 heterocycles. The summed E-state index contributed by atoms with van der Waals surface area (Å²) in [7, 11) is 0. The molecule has 3 fully saturated rings. The minimum absolute atomic E-state index is 0.382. The second-order valence-electron chi connectivity index (χ2n) is 8.99. The molecule has 0 saturated carbocycles. The Labute approximate surface area is 191 Å². The smallest absolute Gasteiger partial charge is 0.222 e. The summed E-state index contributed by atoms with van der Waals surface area (Å²) in [4.78, 5) is 20.1. The lowest BCUT2D eigenvalue weighted by Crippen LogP contribution is -2.48. The summed E-state index contributed by atoms with van der Waals surface area (Å²) >= 11 is 4.26. The first-order chi connectivity index (χ1) is 14.8. The number of rotatable bonds is 6. The van der Waals surface area contributed by atoms with Crippen LogP contribution in [0, 0.1) is 5.92 Å². The van der Waals surface area contributed by atoms with Crippen molar-refractivity contribution in [2.75, 3.05) is 62.3 Å². The summed E-state index contributed by atoms with van der Waals surface area (Å²) in [5.74, 6) is 6.31. The maximum absolute atomic E-state index is 12.8. The van der Waals surface area contributed by atoms with Gasteiger partial charge in [0.2, 0.25) is 5.91 Å². The van der Waals surface area contributed by atoms with Crippen LogP contribution in [0.5, 0.6) is 0 Å². The van der Waals surface area contributed by atoms with Gasteiger partial charge in [-0.1, -0.05) is 30.3 Å². The van der Waals surface area contributed by atoms with Gasteiger partial charge in [-0.3, -0.25) is 14.6 Å². The summed E-state index contributed by atoms with van der Waals surface area (Å²) in [5.41, 5.74) is 1.37. The predicted octanol–water partition coefficient (Wildman–Crippen LogP) is 3.67. The molecule has 4 nitrogen and oxygen atoms in total. The Morgan fingerprint density at radius 1 is 0.967 bits per heavy atom. The number of benzene rings is 1. The van der Waals surface area contributed by atoms with Crippen LogP contribution in [-0.2, 0) is 11.3 Å². The lowest BCUT2D eigenvalue weighted by molar-refractivity contribution is -0.133. The molecule has 0 aromatic heterocycles. The number of nitrogens with zero attached hydrogens (tertiary/aromatic N) is 3. The minimum Gasteiger partial charge on any atom is -0.340 e. The van der Waals surface area contributed by atoms with Gasteiger partial charge < -0.3 is 4.90 Å². The summed E-state index contributed by atoms with van der Waals surface area (Å²) in [6.45, 7) is 7.24. The standard InChI is InChI=1S/C24H37N3OS2/c28-24(26-13-11-25(12-14-26)17-21-5-2-1-3-6-21)9-8-22-7-4-10-27(18-22)23-19-29-15-16-30-20-23/h1-3,5-6,22-23H,4,7-20H2/t22-/m1/s1. The summed E-state index contributed by atoms with van der Waals surface area (Å²) in [6, 6.07) is 11.4. The quantitative estimate of drug-likeness (QED) is 0.663. The zero-order chi connectivity index (χ0) is 20.6. The normalized spacial score (nSPS) is 25.2. The Morgan fingerprint density at radius 2 is 1.70 bits per heavy atom. The van der Waals surface area contributed by atoms with Gasteiger partial charge in [-0.05, 0) is 37.3 Å². The molecule has 3 saturated heterocycles. The van der Waals surface area contributed by atoms with Crippen LogP contribution in [0.2, 0.25) is 0 Å². The van der Waals surface area contributed by atoms with E-state index in [0.29, 0.717) is 11.8 Å². The Bertz CT molecular complexity index is 643. The zero-order valence-corrected chi connectivity index (χ0v) is 19.8. The van der Waals surface area contributed by atoms with Gasteiger partial charge in [-0.25, -0.2) is 0 Å². The number of likely N-dealkylation sites (tertiary alicyclic amines) is 1. The lowest BCUT2D eigenvalue weighted by atomic mass is 9.92. The molecule has 0 bridgehead atoms. The monoisotopic (exact) mass is 447 g/mol. The number of carbonyl (C=O) groups is 1. The van der Waals surface area contributed by atoms with E-state index in [0.717, 1.165) is 51.6 Å². The van der Waals surface area contributed by atoms with Crippen LogP contribution in [0.4, 0.5) is 0 Å². The molecule has 0 spiro atoms. The third-order valence-corrected chi connectivity index (χ3v) is 9.28. The van der Waals surface area contributed by atoms with Crippen molar-refractivity contribution in [3.05, 3.63) is 35.9 Å². The highest BCUT2D eigenvalue weighted by molar-refractivity contribution is 8.03. The Balaban J connectivity index is 1.16. The van der Waals surface area contributed by atoms with Crippen molar-refractivity contribution < 1.29 is 4.79 Å². The van der Waals surface area contributed by atoms with Gasteiger partial charge in [0, 0.05) is 74.7 Å². The zero-order valence-electron chi connectivity index (χ0n) is 18.2. The molecule has 0 aliphatic carbocycles. The molecule has 30 heavy (non-hydrogen) atoms. The van der Waals surface area contributed by atoms with E-state index in [1.807, 2.05) is 0 Å². The second kappa shape index (κ2) is 11.8. The average molecular weight is 448 g/mol. The average Bonchev–Trinajstić information content (AvgIpc) is 3.09. The topological polar surface area (TPSA) is 26.8 Å². The Hall–Kier alpha value is -0.690. The molecule has 3 aliphatic heterocycles. The van der Waals surface area contributed by atoms with Crippen LogP contribution in [0.25, 0.3) is 0 Å². The second-order valence-corrected chi connectivity index (χ2v) is 11.3. The molecule has 0 N–H and O–H groups in total. The molecule has 1 aromatic carbocycles. The SMILES string of the molecule is O=C(CC[C@H]1CCCN(C2CSCCSC2)C1)N1CCN(Cc2ccccc2)CC1.